The van der Waals surface area contributed by atoms with Gasteiger partial charge in [-0.15, -0.1) is 0 Å². The number of nitro groups is 1. The van der Waals surface area contributed by atoms with Gasteiger partial charge in [0.2, 0.25) is 0 Å². The molecular formula is C12H11N3O3S. The highest BCUT2D eigenvalue weighted by Gasteiger charge is 2.04. The van der Waals surface area contributed by atoms with Crippen LogP contribution in [0.25, 0.3) is 0 Å². The van der Waals surface area contributed by atoms with E-state index in [-0.39, 0.29) is 5.69 Å². The molecule has 0 aliphatic rings. The number of thioether (sulfide) groups is 1. The van der Waals surface area contributed by atoms with Gasteiger partial charge in [0.1, 0.15) is 5.75 Å². The molecule has 0 saturated heterocycles. The Balaban J connectivity index is 1.75. The van der Waals surface area contributed by atoms with Crippen LogP contribution in [0.3, 0.4) is 0 Å². The van der Waals surface area contributed by atoms with Gasteiger partial charge in [0.05, 0.1) is 11.5 Å². The Bertz CT molecular complexity index is 534. The van der Waals surface area contributed by atoms with E-state index in [1.54, 1.807) is 30.6 Å². The molecule has 0 aliphatic carbocycles. The van der Waals surface area contributed by atoms with Crippen molar-refractivity contribution in [3.63, 3.8) is 0 Å². The number of nitro benzene ring substituents is 1. The second kappa shape index (κ2) is 6.69. The maximum absolute atomic E-state index is 10.5. The van der Waals surface area contributed by atoms with Crippen LogP contribution in [0.1, 0.15) is 0 Å². The summed E-state index contributed by atoms with van der Waals surface area (Å²) in [4.78, 5) is 18.2. The van der Waals surface area contributed by atoms with Crippen LogP contribution in [0, 0.1) is 10.1 Å². The fourth-order valence-electron chi connectivity index (χ4n) is 1.32. The standard InChI is InChI=1S/C12H11N3O3S/c16-15(17)10-2-4-11(5-3-10)18-8-9-19-12-13-6-1-7-14-12/h1-7H,8-9H2. The number of rotatable bonds is 6. The third kappa shape index (κ3) is 4.22. The van der Waals surface area contributed by atoms with E-state index >= 15 is 0 Å². The minimum atomic E-state index is -0.438. The lowest BCUT2D eigenvalue weighted by atomic mass is 10.3. The van der Waals surface area contributed by atoms with E-state index in [4.69, 9.17) is 4.74 Å². The van der Waals surface area contributed by atoms with E-state index in [0.29, 0.717) is 23.3 Å². The largest absolute Gasteiger partial charge is 0.493 e. The van der Waals surface area contributed by atoms with Crippen molar-refractivity contribution >= 4 is 17.4 Å². The van der Waals surface area contributed by atoms with Crippen molar-refractivity contribution < 1.29 is 9.66 Å². The molecule has 2 aromatic rings. The van der Waals surface area contributed by atoms with Gasteiger partial charge in [-0.05, 0) is 18.2 Å². The zero-order valence-electron chi connectivity index (χ0n) is 9.93. The normalized spacial score (nSPS) is 10.1. The molecule has 2 rings (SSSR count). The quantitative estimate of drug-likeness (QED) is 0.265. The molecule has 0 fully saturated rings. The van der Waals surface area contributed by atoms with Crippen molar-refractivity contribution in [2.45, 2.75) is 5.16 Å². The molecule has 0 radical (unpaired) electrons. The van der Waals surface area contributed by atoms with Crippen molar-refractivity contribution in [1.82, 2.24) is 9.97 Å². The molecule has 98 valence electrons. The Morgan fingerprint density at radius 1 is 1.21 bits per heavy atom. The molecule has 0 spiro atoms. The third-order valence-electron chi connectivity index (χ3n) is 2.17. The van der Waals surface area contributed by atoms with E-state index in [0.717, 1.165) is 0 Å². The molecule has 1 heterocycles. The molecular weight excluding hydrogens is 266 g/mol. The van der Waals surface area contributed by atoms with E-state index < -0.39 is 4.92 Å². The maximum Gasteiger partial charge on any atom is 0.269 e. The van der Waals surface area contributed by atoms with E-state index in [2.05, 4.69) is 9.97 Å². The summed E-state index contributed by atoms with van der Waals surface area (Å²) in [6, 6.07) is 7.77. The lowest BCUT2D eigenvalue weighted by molar-refractivity contribution is -0.384. The minimum absolute atomic E-state index is 0.0550. The van der Waals surface area contributed by atoms with Crippen molar-refractivity contribution in [3.8, 4) is 5.75 Å². The predicted octanol–water partition coefficient (Wildman–Crippen LogP) is 2.56. The molecule has 0 bridgehead atoms. The fraction of sp³-hybridized carbons (Fsp3) is 0.167. The molecule has 0 unspecified atom stereocenters. The first-order valence-corrected chi connectivity index (χ1v) is 6.51. The van der Waals surface area contributed by atoms with Crippen LogP contribution in [0.5, 0.6) is 5.75 Å². The van der Waals surface area contributed by atoms with Crippen LogP contribution >= 0.6 is 11.8 Å². The third-order valence-corrected chi connectivity index (χ3v) is 3.01. The Morgan fingerprint density at radius 2 is 1.89 bits per heavy atom. The summed E-state index contributed by atoms with van der Waals surface area (Å²) >= 11 is 1.49. The molecule has 1 aromatic carbocycles. The lowest BCUT2D eigenvalue weighted by Gasteiger charge is -2.04. The predicted molar refractivity (Wildman–Crippen MR) is 71.3 cm³/mol. The average Bonchev–Trinajstić information content (AvgIpc) is 2.45. The first-order chi connectivity index (χ1) is 9.25. The van der Waals surface area contributed by atoms with Gasteiger partial charge in [-0.1, -0.05) is 11.8 Å². The average molecular weight is 277 g/mol. The van der Waals surface area contributed by atoms with Crippen LogP contribution in [-0.2, 0) is 0 Å². The fourth-order valence-corrected chi connectivity index (χ4v) is 1.94. The van der Waals surface area contributed by atoms with Gasteiger partial charge in [-0.3, -0.25) is 10.1 Å². The first kappa shape index (κ1) is 13.3. The lowest BCUT2D eigenvalue weighted by Crippen LogP contribution is -2.00. The SMILES string of the molecule is O=[N+]([O-])c1ccc(OCCSc2ncccn2)cc1. The second-order valence-corrected chi connectivity index (χ2v) is 4.54. The Kier molecular flexibility index (Phi) is 4.68. The number of non-ortho nitro benzene ring substituents is 1. The number of hydrogen-bond donors (Lipinski definition) is 0. The van der Waals surface area contributed by atoms with E-state index in [9.17, 15) is 10.1 Å². The Morgan fingerprint density at radius 3 is 2.53 bits per heavy atom. The van der Waals surface area contributed by atoms with Gasteiger partial charge in [-0.25, -0.2) is 9.97 Å². The Hall–Kier alpha value is -2.15. The highest BCUT2D eigenvalue weighted by molar-refractivity contribution is 7.99. The van der Waals surface area contributed by atoms with Crippen molar-refractivity contribution in [1.29, 1.82) is 0 Å². The summed E-state index contributed by atoms with van der Waals surface area (Å²) < 4.78 is 5.46. The van der Waals surface area contributed by atoms with E-state index in [1.807, 2.05) is 0 Å². The zero-order chi connectivity index (χ0) is 13.5. The highest BCUT2D eigenvalue weighted by Crippen LogP contribution is 2.18. The number of aromatic nitrogens is 2. The smallest absolute Gasteiger partial charge is 0.269 e. The van der Waals surface area contributed by atoms with Crippen molar-refractivity contribution in [2.24, 2.45) is 0 Å². The summed E-state index contributed by atoms with van der Waals surface area (Å²) in [7, 11) is 0. The van der Waals surface area contributed by atoms with Crippen LogP contribution < -0.4 is 4.74 Å². The maximum atomic E-state index is 10.5. The molecule has 0 atom stereocenters. The molecule has 7 heteroatoms. The van der Waals surface area contributed by atoms with Crippen LogP contribution in [-0.4, -0.2) is 27.3 Å². The summed E-state index contributed by atoms with van der Waals surface area (Å²) in [5.74, 6) is 1.32. The molecule has 1 aromatic heterocycles. The molecule has 0 N–H and O–H groups in total. The topological polar surface area (TPSA) is 78.2 Å². The first-order valence-electron chi connectivity index (χ1n) is 5.53. The zero-order valence-corrected chi connectivity index (χ0v) is 10.7. The van der Waals surface area contributed by atoms with Crippen molar-refractivity contribution in [3.05, 3.63) is 52.8 Å². The molecule has 0 amide bonds. The summed E-state index contributed by atoms with van der Waals surface area (Å²) in [5.41, 5.74) is 0.0550. The van der Waals surface area contributed by atoms with Crippen LogP contribution in [0.15, 0.2) is 47.9 Å². The van der Waals surface area contributed by atoms with Gasteiger partial charge in [0.15, 0.2) is 5.16 Å². The Labute approximate surface area is 114 Å². The van der Waals surface area contributed by atoms with Gasteiger partial charge in [-0.2, -0.15) is 0 Å². The van der Waals surface area contributed by atoms with Crippen LogP contribution in [0.4, 0.5) is 5.69 Å². The number of nitrogens with zero attached hydrogens (tertiary/aromatic N) is 3. The molecule has 0 aliphatic heterocycles. The summed E-state index contributed by atoms with van der Waals surface area (Å²) in [6.07, 6.45) is 3.37. The second-order valence-electron chi connectivity index (χ2n) is 3.48. The molecule has 19 heavy (non-hydrogen) atoms. The molecule has 0 saturated carbocycles. The van der Waals surface area contributed by atoms with E-state index in [1.165, 1.54) is 23.9 Å². The van der Waals surface area contributed by atoms with Gasteiger partial charge in [0, 0.05) is 30.3 Å². The number of ether oxygens (including phenoxy) is 1. The van der Waals surface area contributed by atoms with Crippen LogP contribution in [0.2, 0.25) is 0 Å². The van der Waals surface area contributed by atoms with Crippen molar-refractivity contribution in [2.75, 3.05) is 12.4 Å². The number of hydrogen-bond acceptors (Lipinski definition) is 6. The monoisotopic (exact) mass is 277 g/mol. The minimum Gasteiger partial charge on any atom is -0.493 e. The van der Waals surface area contributed by atoms with Gasteiger partial charge < -0.3 is 4.74 Å². The molecule has 6 nitrogen and oxygen atoms in total. The van der Waals surface area contributed by atoms with Gasteiger partial charge in [0.25, 0.3) is 5.69 Å². The van der Waals surface area contributed by atoms with Gasteiger partial charge >= 0.3 is 0 Å². The summed E-state index contributed by atoms with van der Waals surface area (Å²) in [6.45, 7) is 0.487. The number of benzene rings is 1. The highest BCUT2D eigenvalue weighted by atomic mass is 32.2. The summed E-state index contributed by atoms with van der Waals surface area (Å²) in [5, 5.41) is 11.2.